The Labute approximate surface area is 164 Å². The number of hydrogen-bond acceptors (Lipinski definition) is 5. The predicted octanol–water partition coefficient (Wildman–Crippen LogP) is 3.26. The van der Waals surface area contributed by atoms with E-state index in [-0.39, 0.29) is 5.91 Å². The van der Waals surface area contributed by atoms with Gasteiger partial charge in [0.1, 0.15) is 0 Å². The van der Waals surface area contributed by atoms with Crippen LogP contribution in [0.15, 0.2) is 48.5 Å². The number of carbonyl (C=O) groups is 1. The Morgan fingerprint density at radius 2 is 1.79 bits per heavy atom. The van der Waals surface area contributed by atoms with Crippen molar-refractivity contribution in [2.24, 2.45) is 0 Å². The van der Waals surface area contributed by atoms with Gasteiger partial charge >= 0.3 is 0 Å². The fraction of sp³-hybridized carbons (Fsp3) is 0.273. The van der Waals surface area contributed by atoms with E-state index in [2.05, 4.69) is 10.6 Å². The Balaban J connectivity index is 2.01. The maximum Gasteiger partial charge on any atom is 0.252 e. The average molecular weight is 379 g/mol. The monoisotopic (exact) mass is 379 g/mol. The van der Waals surface area contributed by atoms with Gasteiger partial charge in [-0.05, 0) is 50.3 Å². The van der Waals surface area contributed by atoms with Gasteiger partial charge in [-0.2, -0.15) is 0 Å². The molecule has 0 fully saturated rings. The predicted molar refractivity (Wildman–Crippen MR) is 111 cm³/mol. The molecular weight excluding hydrogens is 354 g/mol. The highest BCUT2D eigenvalue weighted by Gasteiger charge is 2.15. The molecule has 0 aliphatic rings. The maximum atomic E-state index is 12.8. The Morgan fingerprint density at radius 1 is 1.00 bits per heavy atom. The lowest BCUT2D eigenvalue weighted by Crippen LogP contribution is -2.26. The van der Waals surface area contributed by atoms with Crippen molar-refractivity contribution >= 4 is 16.8 Å². The van der Waals surface area contributed by atoms with Crippen LogP contribution in [0.2, 0.25) is 0 Å². The summed E-state index contributed by atoms with van der Waals surface area (Å²) in [5.41, 5.74) is 2.95. The molecule has 0 radical (unpaired) electrons. The molecule has 2 N–H and O–H groups in total. The lowest BCUT2D eigenvalue weighted by Gasteiger charge is -2.12. The molecule has 1 amide bonds. The topological polar surface area (TPSA) is 72.5 Å². The van der Waals surface area contributed by atoms with Crippen LogP contribution in [0.25, 0.3) is 22.2 Å². The number of benzene rings is 2. The number of methoxy groups -OCH3 is 2. The fourth-order valence-electron chi connectivity index (χ4n) is 3.07. The Kier molecular flexibility index (Phi) is 6.45. The second-order valence-electron chi connectivity index (χ2n) is 6.35. The van der Waals surface area contributed by atoms with Gasteiger partial charge < -0.3 is 20.1 Å². The smallest absolute Gasteiger partial charge is 0.252 e. The van der Waals surface area contributed by atoms with Crippen LogP contribution in [-0.2, 0) is 0 Å². The van der Waals surface area contributed by atoms with E-state index in [1.54, 1.807) is 14.2 Å². The van der Waals surface area contributed by atoms with Crippen LogP contribution in [0.1, 0.15) is 16.8 Å². The Morgan fingerprint density at radius 3 is 2.54 bits per heavy atom. The number of ether oxygens (including phenoxy) is 2. The number of aromatic nitrogens is 1. The molecule has 0 bridgehead atoms. The minimum atomic E-state index is -0.101. The molecule has 6 nitrogen and oxygen atoms in total. The highest BCUT2D eigenvalue weighted by atomic mass is 16.5. The zero-order valence-corrected chi connectivity index (χ0v) is 16.4. The highest BCUT2D eigenvalue weighted by Crippen LogP contribution is 2.33. The van der Waals surface area contributed by atoms with Crippen LogP contribution in [0.4, 0.5) is 0 Å². The van der Waals surface area contributed by atoms with Crippen molar-refractivity contribution in [3.05, 3.63) is 54.1 Å². The summed E-state index contributed by atoms with van der Waals surface area (Å²) in [6.07, 6.45) is 0.869. The SMILES string of the molecule is CNCCCNC(=O)c1cc(-c2ccc(OC)c(OC)c2)nc2ccccc12. The molecule has 2 aromatic carbocycles. The lowest BCUT2D eigenvalue weighted by molar-refractivity contribution is 0.0955. The van der Waals surface area contributed by atoms with Crippen molar-refractivity contribution in [1.29, 1.82) is 0 Å². The number of carbonyl (C=O) groups excluding carboxylic acids is 1. The van der Waals surface area contributed by atoms with Crippen molar-refractivity contribution in [3.63, 3.8) is 0 Å². The summed E-state index contributed by atoms with van der Waals surface area (Å²) < 4.78 is 10.7. The van der Waals surface area contributed by atoms with Gasteiger partial charge in [0.15, 0.2) is 11.5 Å². The molecule has 0 atom stereocenters. The van der Waals surface area contributed by atoms with E-state index in [1.165, 1.54) is 0 Å². The van der Waals surface area contributed by atoms with Crippen LogP contribution in [0, 0.1) is 0 Å². The fourth-order valence-corrected chi connectivity index (χ4v) is 3.07. The zero-order valence-electron chi connectivity index (χ0n) is 16.4. The van der Waals surface area contributed by atoms with Crippen molar-refractivity contribution in [3.8, 4) is 22.8 Å². The third-order valence-corrected chi connectivity index (χ3v) is 4.53. The molecule has 3 rings (SSSR count). The van der Waals surface area contributed by atoms with Gasteiger partial charge in [0, 0.05) is 17.5 Å². The van der Waals surface area contributed by atoms with Crippen LogP contribution in [0.3, 0.4) is 0 Å². The first-order valence-electron chi connectivity index (χ1n) is 9.23. The van der Waals surface area contributed by atoms with Gasteiger partial charge in [0.25, 0.3) is 5.91 Å². The molecule has 0 spiro atoms. The number of amides is 1. The second-order valence-corrected chi connectivity index (χ2v) is 6.35. The quantitative estimate of drug-likeness (QED) is 0.588. The number of rotatable bonds is 8. The van der Waals surface area contributed by atoms with E-state index >= 15 is 0 Å². The summed E-state index contributed by atoms with van der Waals surface area (Å²) in [7, 11) is 5.09. The molecule has 1 heterocycles. The van der Waals surface area contributed by atoms with E-state index in [1.807, 2.05) is 55.6 Å². The number of para-hydroxylation sites is 1. The molecule has 0 unspecified atom stereocenters. The minimum Gasteiger partial charge on any atom is -0.493 e. The largest absolute Gasteiger partial charge is 0.493 e. The lowest BCUT2D eigenvalue weighted by atomic mass is 10.0. The molecule has 146 valence electrons. The summed E-state index contributed by atoms with van der Waals surface area (Å²) in [4.78, 5) is 17.6. The number of nitrogens with zero attached hydrogens (tertiary/aromatic N) is 1. The standard InChI is InChI=1S/C22H25N3O3/c1-23-11-6-12-24-22(26)17-14-19(25-18-8-5-4-7-16(17)18)15-9-10-20(27-2)21(13-15)28-3/h4-5,7-10,13-14,23H,6,11-12H2,1-3H3,(H,24,26). The molecule has 0 saturated carbocycles. The van der Waals surface area contributed by atoms with Gasteiger partial charge in [0.05, 0.1) is 31.0 Å². The molecule has 3 aromatic rings. The van der Waals surface area contributed by atoms with E-state index in [4.69, 9.17) is 14.5 Å². The van der Waals surface area contributed by atoms with Crippen LogP contribution >= 0.6 is 0 Å². The molecule has 6 heteroatoms. The Hall–Kier alpha value is -3.12. The third-order valence-electron chi connectivity index (χ3n) is 4.53. The van der Waals surface area contributed by atoms with Crippen LogP contribution in [-0.4, -0.2) is 45.2 Å². The first kappa shape index (κ1) is 19.6. The average Bonchev–Trinajstić information content (AvgIpc) is 2.75. The van der Waals surface area contributed by atoms with Gasteiger partial charge in [-0.15, -0.1) is 0 Å². The molecule has 0 saturated heterocycles. The van der Waals surface area contributed by atoms with Gasteiger partial charge in [-0.3, -0.25) is 4.79 Å². The summed E-state index contributed by atoms with van der Waals surface area (Å²) in [5, 5.41) is 6.90. The van der Waals surface area contributed by atoms with Gasteiger partial charge in [-0.1, -0.05) is 18.2 Å². The maximum absolute atomic E-state index is 12.8. The number of nitrogens with one attached hydrogen (secondary N) is 2. The van der Waals surface area contributed by atoms with E-state index in [9.17, 15) is 4.79 Å². The first-order valence-corrected chi connectivity index (χ1v) is 9.23. The zero-order chi connectivity index (χ0) is 19.9. The Bertz CT molecular complexity index is 972. The summed E-state index contributed by atoms with van der Waals surface area (Å²) in [6.45, 7) is 1.47. The number of hydrogen-bond donors (Lipinski definition) is 2. The van der Waals surface area contributed by atoms with Gasteiger partial charge in [-0.25, -0.2) is 4.98 Å². The van der Waals surface area contributed by atoms with Crippen molar-refractivity contribution < 1.29 is 14.3 Å². The number of fused-ring (bicyclic) bond motifs is 1. The molecule has 0 aliphatic carbocycles. The third kappa shape index (κ3) is 4.23. The first-order chi connectivity index (χ1) is 13.7. The molecular formula is C22H25N3O3. The highest BCUT2D eigenvalue weighted by molar-refractivity contribution is 6.07. The van der Waals surface area contributed by atoms with E-state index in [0.29, 0.717) is 29.3 Å². The number of pyridine rings is 1. The van der Waals surface area contributed by atoms with Gasteiger partial charge in [0.2, 0.25) is 0 Å². The van der Waals surface area contributed by atoms with Crippen molar-refractivity contribution in [2.75, 3.05) is 34.4 Å². The molecule has 1 aromatic heterocycles. The minimum absolute atomic E-state index is 0.101. The van der Waals surface area contributed by atoms with Crippen LogP contribution < -0.4 is 20.1 Å². The summed E-state index contributed by atoms with van der Waals surface area (Å²) >= 11 is 0. The summed E-state index contributed by atoms with van der Waals surface area (Å²) in [6, 6.07) is 15.1. The van der Waals surface area contributed by atoms with Crippen molar-refractivity contribution in [2.45, 2.75) is 6.42 Å². The second kappa shape index (κ2) is 9.19. The van der Waals surface area contributed by atoms with Crippen LogP contribution in [0.5, 0.6) is 11.5 Å². The molecule has 0 aliphatic heterocycles. The van der Waals surface area contributed by atoms with E-state index in [0.717, 1.165) is 29.4 Å². The van der Waals surface area contributed by atoms with E-state index < -0.39 is 0 Å². The van der Waals surface area contributed by atoms with Crippen molar-refractivity contribution in [1.82, 2.24) is 15.6 Å². The molecule has 28 heavy (non-hydrogen) atoms. The summed E-state index contributed by atoms with van der Waals surface area (Å²) in [5.74, 6) is 1.17. The normalized spacial score (nSPS) is 10.7.